The summed E-state index contributed by atoms with van der Waals surface area (Å²) in [5.41, 5.74) is 42.7. The first-order chi connectivity index (χ1) is 73.4. The number of benzene rings is 18. The molecule has 149 heavy (non-hydrogen) atoms. The molecule has 6 heterocycles. The molecule has 702 valence electrons. The van der Waals surface area contributed by atoms with Gasteiger partial charge in [0.25, 0.3) is 0 Å². The molecule has 4 aliphatic rings. The number of pyridine rings is 3. The number of nitrogens with zero attached hydrogens (tertiary/aromatic N) is 12. The highest BCUT2D eigenvalue weighted by molar-refractivity contribution is 6.02. The van der Waals surface area contributed by atoms with Crippen molar-refractivity contribution in [3.63, 3.8) is 0 Å². The third-order valence-electron chi connectivity index (χ3n) is 29.9. The molecular weight excluding hydrogens is 1810 g/mol. The Hall–Kier alpha value is -19.3. The summed E-state index contributed by atoms with van der Waals surface area (Å²) in [6.07, 6.45) is 10.7. The van der Waals surface area contributed by atoms with Gasteiger partial charge < -0.3 is 0 Å². The SMILES string of the molecule is CC1(C)c2ccc(-c3cccc(-c4nc(-c5ccc(-c6ccccc6)cc5)nc(-c5cccnc5)n4)c3)cc2-c2ccc3ccccc3c21.CC1(C)c2ccccc2-c2c(-c3cccc(-c4nc(-c5ccc(-c6ccccc6)cc5)nc(-c5cccnc5)n4)c3)cccc21.c1ccc(-c2ccc(-c3nc(-c4ccncc4)nc(-c4cccc(-c5cccc6c5-c5ccccc5C65c6ccccc6-c6ccccc65)c4)n3)cc2)cc1. The Morgan fingerprint density at radius 3 is 0.919 bits per heavy atom. The predicted octanol–water partition coefficient (Wildman–Crippen LogP) is 32.9. The van der Waals surface area contributed by atoms with Crippen molar-refractivity contribution < 1.29 is 0 Å². The first-order valence-corrected chi connectivity index (χ1v) is 50.5. The molecule has 24 aromatic rings. The van der Waals surface area contributed by atoms with E-state index < -0.39 is 5.41 Å². The lowest BCUT2D eigenvalue weighted by molar-refractivity contribution is 0.660. The Kier molecular flexibility index (Phi) is 22.6. The molecule has 0 atom stereocenters. The summed E-state index contributed by atoms with van der Waals surface area (Å²) < 4.78 is 0. The van der Waals surface area contributed by atoms with Crippen molar-refractivity contribution in [1.29, 1.82) is 0 Å². The van der Waals surface area contributed by atoms with Gasteiger partial charge in [-0.15, -0.1) is 0 Å². The topological polar surface area (TPSA) is 155 Å². The van der Waals surface area contributed by atoms with Crippen LogP contribution >= 0.6 is 0 Å². The van der Waals surface area contributed by atoms with Crippen molar-refractivity contribution in [2.45, 2.75) is 43.9 Å². The van der Waals surface area contributed by atoms with Crippen molar-refractivity contribution in [3.05, 3.63) is 543 Å². The van der Waals surface area contributed by atoms with Gasteiger partial charge in [0, 0.05) is 98.1 Å². The predicted molar refractivity (Wildman–Crippen MR) is 603 cm³/mol. The fraction of sp³-hybridized carbons (Fsp3) is 0.0511. The molecule has 1 spiro atoms. The zero-order chi connectivity index (χ0) is 99.7. The van der Waals surface area contributed by atoms with E-state index in [4.69, 9.17) is 44.9 Å². The molecule has 0 N–H and O–H groups in total. The lowest BCUT2D eigenvalue weighted by Gasteiger charge is -2.30. The van der Waals surface area contributed by atoms with Crippen LogP contribution in [0, 0.1) is 0 Å². The number of hydrogen-bond donors (Lipinski definition) is 0. The Morgan fingerprint density at radius 1 is 0.154 bits per heavy atom. The Labute approximate surface area is 865 Å². The maximum Gasteiger partial charge on any atom is 0.165 e. The van der Waals surface area contributed by atoms with Gasteiger partial charge in [-0.3, -0.25) is 15.0 Å². The molecule has 4 aliphatic carbocycles. The van der Waals surface area contributed by atoms with Crippen molar-refractivity contribution in [3.8, 4) is 214 Å². The number of hydrogen-bond acceptors (Lipinski definition) is 12. The van der Waals surface area contributed by atoms with E-state index in [2.05, 4.69) is 449 Å². The molecular formula is C137H94N12. The highest BCUT2D eigenvalue weighted by Gasteiger charge is 2.52. The summed E-state index contributed by atoms with van der Waals surface area (Å²) in [6.45, 7) is 9.32. The maximum atomic E-state index is 5.12. The van der Waals surface area contributed by atoms with Crippen LogP contribution < -0.4 is 0 Å². The smallest absolute Gasteiger partial charge is 0.165 e. The third-order valence-corrected chi connectivity index (χ3v) is 29.9. The number of fused-ring (bicyclic) bond motifs is 18. The van der Waals surface area contributed by atoms with Crippen molar-refractivity contribution in [1.82, 2.24) is 59.8 Å². The standard InChI is InChI=1S/C51H32N4.C45H32N4.C41H30N4/c1-2-12-33(13-3-1)34-24-26-35(27-25-34)48-53-49(36-28-30-52-31-29-36)55-50(54-48)38-15-10-14-37(32-38)39-19-11-23-46-47(39)42-18-6-9-22-45(42)51(46)43-20-7-4-16-40(43)41-17-5-8-21-44(41)51;1-45(2)40-24-22-34(27-39(40)38-23-21-31-12-6-7-16-37(31)41(38)45)33-13-8-14-35(26-33)43-47-42(48-44(49-43)36-15-9-25-46-28-36)32-19-17-30(18-20-32)29-10-4-3-5-11-29;1-41(2)35-18-7-6-16-34(35)37-33(17-9-19-36(37)41)30-13-8-14-31(25-30)39-43-38(44-40(45-39)32-15-10-24-42-26-32)29-22-20-28(21-23-29)27-11-4-3-5-12-27/h1-32H;3-28H,1-2H3;3-26H,1-2H3. The molecule has 0 aliphatic heterocycles. The van der Waals surface area contributed by atoms with Crippen LogP contribution in [0.25, 0.3) is 225 Å². The van der Waals surface area contributed by atoms with Gasteiger partial charge in [-0.2, -0.15) is 0 Å². The van der Waals surface area contributed by atoms with Gasteiger partial charge in [-0.25, -0.2) is 44.9 Å². The fourth-order valence-electron chi connectivity index (χ4n) is 22.8. The van der Waals surface area contributed by atoms with Crippen molar-refractivity contribution in [2.24, 2.45) is 0 Å². The molecule has 6 aromatic heterocycles. The van der Waals surface area contributed by atoms with Crippen molar-refractivity contribution in [2.75, 3.05) is 0 Å². The molecule has 18 aromatic carbocycles. The molecule has 12 nitrogen and oxygen atoms in total. The van der Waals surface area contributed by atoms with E-state index in [1.165, 1.54) is 128 Å². The largest absolute Gasteiger partial charge is 0.265 e. The quantitative estimate of drug-likeness (QED) is 0.0959. The Bertz CT molecular complexity index is 9240. The van der Waals surface area contributed by atoms with Gasteiger partial charge in [-0.05, 0) is 227 Å². The average Bonchev–Trinajstić information content (AvgIpc) is 1.50. The second-order valence-electron chi connectivity index (χ2n) is 39.3. The minimum Gasteiger partial charge on any atom is -0.265 e. The van der Waals surface area contributed by atoms with Crippen LogP contribution in [0.3, 0.4) is 0 Å². The summed E-state index contributed by atoms with van der Waals surface area (Å²) in [5.74, 6) is 5.53. The number of rotatable bonds is 15. The zero-order valence-corrected chi connectivity index (χ0v) is 82.2. The lowest BCUT2D eigenvalue weighted by atomic mass is 9.70. The summed E-state index contributed by atoms with van der Waals surface area (Å²) in [7, 11) is 0. The van der Waals surface area contributed by atoms with Gasteiger partial charge in [0.2, 0.25) is 0 Å². The maximum absolute atomic E-state index is 5.12. The molecule has 12 heteroatoms. The monoisotopic (exact) mass is 1910 g/mol. The van der Waals surface area contributed by atoms with E-state index in [-0.39, 0.29) is 10.8 Å². The normalized spacial score (nSPS) is 12.9. The van der Waals surface area contributed by atoms with Gasteiger partial charge in [0.15, 0.2) is 52.4 Å². The van der Waals surface area contributed by atoms with Crippen molar-refractivity contribution >= 4 is 10.8 Å². The molecule has 0 unspecified atom stereocenters. The summed E-state index contributed by atoms with van der Waals surface area (Å²) in [6, 6.07) is 163. The van der Waals surface area contributed by atoms with E-state index in [9.17, 15) is 0 Å². The minimum absolute atomic E-state index is 0.0582. The Morgan fingerprint density at radius 2 is 0.456 bits per heavy atom. The van der Waals surface area contributed by atoms with Gasteiger partial charge in [-0.1, -0.05) is 428 Å². The number of aromatic nitrogens is 12. The zero-order valence-electron chi connectivity index (χ0n) is 82.2. The molecule has 0 fully saturated rings. The van der Waals surface area contributed by atoms with Crippen LogP contribution in [0.15, 0.2) is 498 Å². The van der Waals surface area contributed by atoms with Crippen LogP contribution in [0.4, 0.5) is 0 Å². The van der Waals surface area contributed by atoms with Gasteiger partial charge in [0.05, 0.1) is 5.41 Å². The summed E-state index contributed by atoms with van der Waals surface area (Å²) in [5, 5.41) is 2.61. The third kappa shape index (κ3) is 16.1. The molecule has 0 radical (unpaired) electrons. The van der Waals surface area contributed by atoms with E-state index in [0.717, 1.165) is 89.0 Å². The summed E-state index contributed by atoms with van der Waals surface area (Å²) >= 11 is 0. The second-order valence-corrected chi connectivity index (χ2v) is 39.3. The van der Waals surface area contributed by atoms with Crippen LogP contribution in [-0.4, -0.2) is 59.8 Å². The van der Waals surface area contributed by atoms with Crippen LogP contribution in [0.1, 0.15) is 72.2 Å². The van der Waals surface area contributed by atoms with Gasteiger partial charge >= 0.3 is 0 Å². The minimum atomic E-state index is -0.397. The van der Waals surface area contributed by atoms with E-state index >= 15 is 0 Å². The first-order valence-electron chi connectivity index (χ1n) is 50.5. The van der Waals surface area contributed by atoms with Crippen LogP contribution in [-0.2, 0) is 16.2 Å². The van der Waals surface area contributed by atoms with Crippen LogP contribution in [0.2, 0.25) is 0 Å². The highest BCUT2D eigenvalue weighted by Crippen LogP contribution is 2.65. The Balaban J connectivity index is 0.000000114. The van der Waals surface area contributed by atoms with Gasteiger partial charge in [0.1, 0.15) is 0 Å². The van der Waals surface area contributed by atoms with Crippen LogP contribution in [0.5, 0.6) is 0 Å². The first kappa shape index (κ1) is 89.8. The second kappa shape index (κ2) is 37.5. The summed E-state index contributed by atoms with van der Waals surface area (Å²) in [4.78, 5) is 57.9. The lowest BCUT2D eigenvalue weighted by Crippen LogP contribution is -2.25. The van der Waals surface area contributed by atoms with E-state index in [1.54, 1.807) is 37.2 Å². The molecule has 0 saturated heterocycles. The molecule has 0 amide bonds. The molecule has 28 rings (SSSR count). The van der Waals surface area contributed by atoms with E-state index in [0.29, 0.717) is 52.4 Å². The fourth-order valence-corrected chi connectivity index (χ4v) is 22.8. The average molecular weight is 1910 g/mol. The highest BCUT2D eigenvalue weighted by atomic mass is 15.1. The molecule has 0 bridgehead atoms. The van der Waals surface area contributed by atoms with E-state index in [1.807, 2.05) is 54.6 Å². The molecule has 0 saturated carbocycles.